The van der Waals surface area contributed by atoms with Crippen molar-refractivity contribution in [3.05, 3.63) is 58.1 Å². The first kappa shape index (κ1) is 27.6. The van der Waals surface area contributed by atoms with Gasteiger partial charge in [-0.15, -0.1) is 0 Å². The summed E-state index contributed by atoms with van der Waals surface area (Å²) in [5.74, 6) is -1.45. The Labute approximate surface area is 217 Å². The highest BCUT2D eigenvalue weighted by Gasteiger charge is 2.34. The SMILES string of the molecule is C[C@@H]1[C@@H](C)N(c2cccc(Cl)c2)CCN1C(=O)c1ccc([S+]([O-])CC(=O)OCC(O)CO)c(Cl)c1. The van der Waals surface area contributed by atoms with Crippen molar-refractivity contribution in [2.75, 3.05) is 37.0 Å². The van der Waals surface area contributed by atoms with Crippen molar-refractivity contribution < 1.29 is 29.1 Å². The van der Waals surface area contributed by atoms with Gasteiger partial charge in [-0.2, -0.15) is 0 Å². The first-order valence-electron chi connectivity index (χ1n) is 11.1. The quantitative estimate of drug-likeness (QED) is 0.389. The summed E-state index contributed by atoms with van der Waals surface area (Å²) in [5.41, 5.74) is 1.36. The fraction of sp³-hybridized carbons (Fsp3) is 0.417. The Morgan fingerprint density at radius 2 is 1.91 bits per heavy atom. The van der Waals surface area contributed by atoms with Crippen molar-refractivity contribution in [3.8, 4) is 0 Å². The second-order valence-corrected chi connectivity index (χ2v) is 10.6. The van der Waals surface area contributed by atoms with Gasteiger partial charge in [0.1, 0.15) is 12.7 Å². The zero-order valence-corrected chi connectivity index (χ0v) is 21.7. The van der Waals surface area contributed by atoms with Crippen LogP contribution in [0.4, 0.5) is 5.69 Å². The summed E-state index contributed by atoms with van der Waals surface area (Å²) in [7, 11) is 0. The summed E-state index contributed by atoms with van der Waals surface area (Å²) >= 11 is 10.7. The molecule has 0 saturated carbocycles. The summed E-state index contributed by atoms with van der Waals surface area (Å²) in [6.07, 6.45) is -1.20. The highest BCUT2D eigenvalue weighted by Crippen LogP contribution is 2.29. The Kier molecular flexibility index (Phi) is 9.69. The number of benzene rings is 2. The van der Waals surface area contributed by atoms with Crippen molar-refractivity contribution in [1.29, 1.82) is 0 Å². The maximum absolute atomic E-state index is 13.3. The number of halogens is 2. The average molecular weight is 543 g/mol. The minimum Gasteiger partial charge on any atom is -0.611 e. The predicted molar refractivity (Wildman–Crippen MR) is 136 cm³/mol. The molecule has 1 aliphatic heterocycles. The number of piperazine rings is 1. The van der Waals surface area contributed by atoms with Crippen LogP contribution in [0, 0.1) is 0 Å². The second-order valence-electron chi connectivity index (χ2n) is 8.31. The third-order valence-corrected chi connectivity index (χ3v) is 7.99. The lowest BCUT2D eigenvalue weighted by Gasteiger charge is -2.46. The van der Waals surface area contributed by atoms with Crippen molar-refractivity contribution in [2.45, 2.75) is 36.9 Å². The number of amides is 1. The van der Waals surface area contributed by atoms with E-state index in [0.717, 1.165) is 5.69 Å². The summed E-state index contributed by atoms with van der Waals surface area (Å²) in [4.78, 5) is 29.3. The molecule has 35 heavy (non-hydrogen) atoms. The molecule has 1 fully saturated rings. The van der Waals surface area contributed by atoms with Gasteiger partial charge in [0.2, 0.25) is 5.75 Å². The van der Waals surface area contributed by atoms with E-state index in [1.54, 1.807) is 11.0 Å². The molecule has 0 radical (unpaired) electrons. The molecule has 0 aromatic heterocycles. The number of aliphatic hydroxyl groups is 2. The second kappa shape index (κ2) is 12.3. The molecule has 0 aliphatic carbocycles. The maximum Gasteiger partial charge on any atom is 0.356 e. The third-order valence-electron chi connectivity index (χ3n) is 5.98. The largest absolute Gasteiger partial charge is 0.611 e. The molecule has 2 unspecified atom stereocenters. The van der Waals surface area contributed by atoms with Gasteiger partial charge in [-0.25, -0.2) is 4.79 Å². The fourth-order valence-corrected chi connectivity index (χ4v) is 5.47. The molecule has 3 rings (SSSR count). The number of hydrogen-bond acceptors (Lipinski definition) is 7. The van der Waals surface area contributed by atoms with E-state index >= 15 is 0 Å². The van der Waals surface area contributed by atoms with Crippen molar-refractivity contribution in [2.24, 2.45) is 0 Å². The standard InChI is InChI=1S/C24H28Cl2N2O6S/c1-15-16(2)28(9-8-27(15)19-5-3-4-18(25)11-19)24(32)17-6-7-22(21(26)10-17)35(33)14-23(31)34-13-20(30)12-29/h3-7,10-11,15-16,20,29-30H,8-9,12-14H2,1-2H3/t15-,16-,20?,35?/m1/s1. The topological polar surface area (TPSA) is 113 Å². The number of aliphatic hydroxyl groups excluding tert-OH is 2. The molecular weight excluding hydrogens is 515 g/mol. The van der Waals surface area contributed by atoms with Crippen LogP contribution in [-0.4, -0.2) is 81.8 Å². The number of nitrogens with zero attached hydrogens (tertiary/aromatic N) is 2. The van der Waals surface area contributed by atoms with E-state index < -0.39 is 42.2 Å². The smallest absolute Gasteiger partial charge is 0.356 e. The number of anilines is 1. The zero-order chi connectivity index (χ0) is 25.7. The lowest BCUT2D eigenvalue weighted by atomic mass is 10.0. The van der Waals surface area contributed by atoms with E-state index in [1.807, 2.05) is 31.2 Å². The van der Waals surface area contributed by atoms with Gasteiger partial charge >= 0.3 is 5.97 Å². The van der Waals surface area contributed by atoms with Gasteiger partial charge in [0.15, 0.2) is 4.90 Å². The highest BCUT2D eigenvalue weighted by atomic mass is 35.5. The monoisotopic (exact) mass is 542 g/mol. The lowest BCUT2D eigenvalue weighted by Crippen LogP contribution is -2.59. The van der Waals surface area contributed by atoms with Crippen LogP contribution in [0.1, 0.15) is 24.2 Å². The number of rotatable bonds is 8. The summed E-state index contributed by atoms with van der Waals surface area (Å²) < 4.78 is 17.3. The molecule has 2 N–H and O–H groups in total. The maximum atomic E-state index is 13.3. The minimum atomic E-state index is -1.80. The van der Waals surface area contributed by atoms with Gasteiger partial charge in [-0.3, -0.25) is 4.79 Å². The first-order valence-corrected chi connectivity index (χ1v) is 13.2. The molecule has 1 heterocycles. The molecule has 8 nitrogen and oxygen atoms in total. The van der Waals surface area contributed by atoms with Crippen LogP contribution in [0.2, 0.25) is 10.0 Å². The molecule has 190 valence electrons. The summed E-state index contributed by atoms with van der Waals surface area (Å²) in [6.45, 7) is 4.25. The number of carbonyl (C=O) groups excluding carboxylic acids is 2. The van der Waals surface area contributed by atoms with Crippen LogP contribution in [0.25, 0.3) is 0 Å². The fourth-order valence-electron chi connectivity index (χ4n) is 3.90. The van der Waals surface area contributed by atoms with E-state index in [0.29, 0.717) is 23.7 Å². The average Bonchev–Trinajstić information content (AvgIpc) is 2.83. The van der Waals surface area contributed by atoms with Crippen LogP contribution in [0.15, 0.2) is 47.4 Å². The first-order chi connectivity index (χ1) is 16.6. The Balaban J connectivity index is 1.66. The van der Waals surface area contributed by atoms with Gasteiger partial charge < -0.3 is 29.3 Å². The summed E-state index contributed by atoms with van der Waals surface area (Å²) in [5, 5.41) is 18.8. The molecule has 4 atom stereocenters. The van der Waals surface area contributed by atoms with Crippen LogP contribution >= 0.6 is 23.2 Å². The molecular formula is C24H28Cl2N2O6S. The van der Waals surface area contributed by atoms with Crippen LogP contribution in [-0.2, 0) is 20.7 Å². The zero-order valence-electron chi connectivity index (χ0n) is 19.4. The minimum absolute atomic E-state index is 0.0452. The third kappa shape index (κ3) is 6.81. The molecule has 11 heteroatoms. The van der Waals surface area contributed by atoms with E-state index in [4.69, 9.17) is 33.0 Å². The highest BCUT2D eigenvalue weighted by molar-refractivity contribution is 7.92. The molecule has 1 saturated heterocycles. The Hall–Kier alpha value is -2.01. The molecule has 2 aromatic carbocycles. The Bertz CT molecular complexity index is 1060. The van der Waals surface area contributed by atoms with Crippen LogP contribution in [0.3, 0.4) is 0 Å². The van der Waals surface area contributed by atoms with Gasteiger partial charge in [-0.05, 0) is 61.4 Å². The number of carbonyl (C=O) groups is 2. The molecule has 1 aliphatic rings. The number of esters is 1. The predicted octanol–water partition coefficient (Wildman–Crippen LogP) is 2.74. The van der Waals surface area contributed by atoms with Crippen LogP contribution < -0.4 is 4.90 Å². The van der Waals surface area contributed by atoms with Gasteiger partial charge in [0.25, 0.3) is 5.91 Å². The van der Waals surface area contributed by atoms with Crippen molar-refractivity contribution in [1.82, 2.24) is 4.90 Å². The Morgan fingerprint density at radius 1 is 1.17 bits per heavy atom. The van der Waals surface area contributed by atoms with E-state index in [1.165, 1.54) is 12.1 Å². The van der Waals surface area contributed by atoms with Crippen LogP contribution in [0.5, 0.6) is 0 Å². The van der Waals surface area contributed by atoms with E-state index in [2.05, 4.69) is 11.8 Å². The normalized spacial score (nSPS) is 19.9. The lowest BCUT2D eigenvalue weighted by molar-refractivity contribution is -0.144. The van der Waals surface area contributed by atoms with Gasteiger partial charge in [-0.1, -0.05) is 29.3 Å². The number of hydrogen-bond donors (Lipinski definition) is 2. The number of ether oxygens (including phenoxy) is 1. The van der Waals surface area contributed by atoms with Crippen molar-refractivity contribution >= 4 is 51.9 Å². The molecule has 2 aromatic rings. The van der Waals surface area contributed by atoms with Gasteiger partial charge in [0.05, 0.1) is 11.6 Å². The molecule has 0 spiro atoms. The Morgan fingerprint density at radius 3 is 2.57 bits per heavy atom. The van der Waals surface area contributed by atoms with Crippen molar-refractivity contribution in [3.63, 3.8) is 0 Å². The molecule has 1 amide bonds. The molecule has 0 bridgehead atoms. The summed E-state index contributed by atoms with van der Waals surface area (Å²) in [6, 6.07) is 12.1. The van der Waals surface area contributed by atoms with Gasteiger partial charge in [0, 0.05) is 41.4 Å². The van der Waals surface area contributed by atoms with E-state index in [9.17, 15) is 19.2 Å². The van der Waals surface area contributed by atoms with E-state index in [-0.39, 0.29) is 27.9 Å².